The second-order valence-electron chi connectivity index (χ2n) is 3.71. The fourth-order valence-corrected chi connectivity index (χ4v) is 1.40. The summed E-state index contributed by atoms with van der Waals surface area (Å²) in [6.45, 7) is 6.20. The van der Waals surface area contributed by atoms with Crippen LogP contribution in [-0.4, -0.2) is 15.0 Å². The Labute approximate surface area is 83.2 Å². The molecule has 0 radical (unpaired) electrons. The molecule has 2 heterocycles. The van der Waals surface area contributed by atoms with Crippen LogP contribution in [0.3, 0.4) is 0 Å². The molecule has 2 aromatic rings. The van der Waals surface area contributed by atoms with E-state index >= 15 is 0 Å². The van der Waals surface area contributed by atoms with Gasteiger partial charge in [-0.3, -0.25) is 4.98 Å². The molecule has 2 rings (SSSR count). The van der Waals surface area contributed by atoms with Gasteiger partial charge in [-0.2, -0.15) is 0 Å². The summed E-state index contributed by atoms with van der Waals surface area (Å²) in [5.74, 6) is 1.27. The first-order chi connectivity index (χ1) is 6.68. The second kappa shape index (κ2) is 3.33. The fourth-order valence-electron chi connectivity index (χ4n) is 1.40. The lowest BCUT2D eigenvalue weighted by molar-refractivity contribution is 0.776. The van der Waals surface area contributed by atoms with Gasteiger partial charge in [0.2, 0.25) is 0 Å². The smallest absolute Gasteiger partial charge is 0.131 e. The standard InChI is InChI=1S/C11H13N3/c1-7(2)11-13-8(3)9-6-12-5-4-10(9)14-11/h4-7H,1-3H3. The minimum Gasteiger partial charge on any atom is -0.264 e. The first-order valence-electron chi connectivity index (χ1n) is 4.76. The maximum atomic E-state index is 4.48. The fraction of sp³-hybridized carbons (Fsp3) is 0.364. The van der Waals surface area contributed by atoms with E-state index in [2.05, 4.69) is 28.8 Å². The van der Waals surface area contributed by atoms with Gasteiger partial charge in [-0.05, 0) is 13.0 Å². The molecule has 0 saturated carbocycles. The number of aryl methyl sites for hydroxylation is 1. The summed E-state index contributed by atoms with van der Waals surface area (Å²) in [5.41, 5.74) is 1.99. The average Bonchev–Trinajstić information content (AvgIpc) is 2.17. The van der Waals surface area contributed by atoms with Gasteiger partial charge in [-0.1, -0.05) is 13.8 Å². The van der Waals surface area contributed by atoms with Crippen molar-refractivity contribution in [3.8, 4) is 0 Å². The Kier molecular flexibility index (Phi) is 2.15. The molecular weight excluding hydrogens is 174 g/mol. The third kappa shape index (κ3) is 1.45. The van der Waals surface area contributed by atoms with E-state index in [0.29, 0.717) is 5.92 Å². The number of fused-ring (bicyclic) bond motifs is 1. The van der Waals surface area contributed by atoms with Crippen LogP contribution in [0.5, 0.6) is 0 Å². The number of rotatable bonds is 1. The van der Waals surface area contributed by atoms with E-state index in [-0.39, 0.29) is 0 Å². The molecule has 0 amide bonds. The summed E-state index contributed by atoms with van der Waals surface area (Å²) in [7, 11) is 0. The van der Waals surface area contributed by atoms with Crippen LogP contribution in [0.4, 0.5) is 0 Å². The van der Waals surface area contributed by atoms with Crippen molar-refractivity contribution >= 4 is 10.9 Å². The van der Waals surface area contributed by atoms with Gasteiger partial charge in [-0.25, -0.2) is 9.97 Å². The molecule has 72 valence electrons. The lowest BCUT2D eigenvalue weighted by Gasteiger charge is -2.06. The van der Waals surface area contributed by atoms with Crippen molar-refractivity contribution in [2.24, 2.45) is 0 Å². The third-order valence-corrected chi connectivity index (χ3v) is 2.22. The second-order valence-corrected chi connectivity index (χ2v) is 3.71. The van der Waals surface area contributed by atoms with Gasteiger partial charge in [-0.15, -0.1) is 0 Å². The predicted molar refractivity (Wildman–Crippen MR) is 56.2 cm³/mol. The molecule has 3 nitrogen and oxygen atoms in total. The summed E-state index contributed by atoms with van der Waals surface area (Å²) in [6.07, 6.45) is 3.58. The Balaban J connectivity index is 2.72. The maximum Gasteiger partial charge on any atom is 0.131 e. The van der Waals surface area contributed by atoms with Gasteiger partial charge in [0.05, 0.1) is 11.2 Å². The molecular formula is C11H13N3. The molecule has 0 aliphatic heterocycles. The van der Waals surface area contributed by atoms with Crippen LogP contribution in [-0.2, 0) is 0 Å². The minimum absolute atomic E-state index is 0.367. The molecule has 14 heavy (non-hydrogen) atoms. The zero-order chi connectivity index (χ0) is 10.1. The van der Waals surface area contributed by atoms with Crippen LogP contribution in [0.15, 0.2) is 18.5 Å². The van der Waals surface area contributed by atoms with Gasteiger partial charge < -0.3 is 0 Å². The van der Waals surface area contributed by atoms with Crippen molar-refractivity contribution < 1.29 is 0 Å². The van der Waals surface area contributed by atoms with E-state index in [9.17, 15) is 0 Å². The van der Waals surface area contributed by atoms with Crippen LogP contribution in [0, 0.1) is 6.92 Å². The van der Waals surface area contributed by atoms with E-state index in [1.807, 2.05) is 19.2 Å². The lowest BCUT2D eigenvalue weighted by Crippen LogP contribution is -2.00. The van der Waals surface area contributed by atoms with E-state index < -0.39 is 0 Å². The van der Waals surface area contributed by atoms with Crippen molar-refractivity contribution in [3.63, 3.8) is 0 Å². The van der Waals surface area contributed by atoms with Gasteiger partial charge >= 0.3 is 0 Å². The van der Waals surface area contributed by atoms with Crippen molar-refractivity contribution in [2.75, 3.05) is 0 Å². The zero-order valence-electron chi connectivity index (χ0n) is 8.65. The van der Waals surface area contributed by atoms with Crippen molar-refractivity contribution in [1.82, 2.24) is 15.0 Å². The summed E-state index contributed by atoms with van der Waals surface area (Å²) in [5, 5.41) is 1.04. The summed E-state index contributed by atoms with van der Waals surface area (Å²) in [4.78, 5) is 13.0. The molecule has 0 fully saturated rings. The van der Waals surface area contributed by atoms with Crippen LogP contribution >= 0.6 is 0 Å². The third-order valence-electron chi connectivity index (χ3n) is 2.22. The van der Waals surface area contributed by atoms with E-state index in [4.69, 9.17) is 0 Å². The molecule has 0 aromatic carbocycles. The normalized spacial score (nSPS) is 11.1. The number of hydrogen-bond acceptors (Lipinski definition) is 3. The molecule has 0 spiro atoms. The molecule has 0 bridgehead atoms. The molecule has 0 aliphatic carbocycles. The Morgan fingerprint density at radius 1 is 1.21 bits per heavy atom. The van der Waals surface area contributed by atoms with Crippen LogP contribution in [0.2, 0.25) is 0 Å². The Morgan fingerprint density at radius 2 is 2.00 bits per heavy atom. The highest BCUT2D eigenvalue weighted by Crippen LogP contribution is 2.17. The van der Waals surface area contributed by atoms with E-state index in [1.165, 1.54) is 0 Å². The van der Waals surface area contributed by atoms with Crippen LogP contribution in [0.25, 0.3) is 10.9 Å². The summed E-state index contributed by atoms with van der Waals surface area (Å²) < 4.78 is 0. The van der Waals surface area contributed by atoms with Gasteiger partial charge in [0, 0.05) is 23.7 Å². The average molecular weight is 187 g/mol. The quantitative estimate of drug-likeness (QED) is 0.688. The van der Waals surface area contributed by atoms with Crippen LogP contribution < -0.4 is 0 Å². The van der Waals surface area contributed by atoms with Gasteiger partial charge in [0.1, 0.15) is 5.82 Å². The van der Waals surface area contributed by atoms with E-state index in [1.54, 1.807) is 6.20 Å². The van der Waals surface area contributed by atoms with Crippen molar-refractivity contribution in [2.45, 2.75) is 26.7 Å². The van der Waals surface area contributed by atoms with Crippen molar-refractivity contribution in [3.05, 3.63) is 30.0 Å². The minimum atomic E-state index is 0.367. The molecule has 0 N–H and O–H groups in total. The summed E-state index contributed by atoms with van der Waals surface area (Å²) >= 11 is 0. The molecule has 0 saturated heterocycles. The highest BCUT2D eigenvalue weighted by Gasteiger charge is 2.06. The first-order valence-corrected chi connectivity index (χ1v) is 4.76. The molecule has 0 aliphatic rings. The number of aromatic nitrogens is 3. The predicted octanol–water partition coefficient (Wildman–Crippen LogP) is 2.46. The van der Waals surface area contributed by atoms with E-state index in [0.717, 1.165) is 22.4 Å². The molecule has 0 unspecified atom stereocenters. The molecule has 0 atom stereocenters. The van der Waals surface area contributed by atoms with Crippen LogP contribution in [0.1, 0.15) is 31.3 Å². The number of pyridine rings is 1. The number of hydrogen-bond donors (Lipinski definition) is 0. The zero-order valence-corrected chi connectivity index (χ0v) is 8.65. The van der Waals surface area contributed by atoms with Gasteiger partial charge in [0.15, 0.2) is 0 Å². The number of nitrogens with zero attached hydrogens (tertiary/aromatic N) is 3. The molecule has 2 aromatic heterocycles. The lowest BCUT2D eigenvalue weighted by atomic mass is 10.2. The van der Waals surface area contributed by atoms with Crippen molar-refractivity contribution in [1.29, 1.82) is 0 Å². The highest BCUT2D eigenvalue weighted by molar-refractivity contribution is 5.79. The van der Waals surface area contributed by atoms with Gasteiger partial charge in [0.25, 0.3) is 0 Å². The maximum absolute atomic E-state index is 4.48. The first kappa shape index (κ1) is 9.06. The monoisotopic (exact) mass is 187 g/mol. The molecule has 3 heteroatoms. The Morgan fingerprint density at radius 3 is 2.71 bits per heavy atom. The SMILES string of the molecule is Cc1nc(C(C)C)nc2ccncc12. The largest absolute Gasteiger partial charge is 0.264 e. The Bertz CT molecular complexity index is 463. The summed E-state index contributed by atoms with van der Waals surface area (Å²) in [6, 6.07) is 1.93. The Hall–Kier alpha value is -1.51. The topological polar surface area (TPSA) is 38.7 Å². The highest BCUT2D eigenvalue weighted by atomic mass is 14.9.